The second kappa shape index (κ2) is 3.20. The molecule has 0 radical (unpaired) electrons. The largest absolute Gasteiger partial charge is 0.251 e. The predicted octanol–water partition coefficient (Wildman–Crippen LogP) is 3.18. The molecule has 0 saturated heterocycles. The van der Waals surface area contributed by atoms with Crippen LogP contribution in [0.15, 0.2) is 22.8 Å². The highest BCUT2D eigenvalue weighted by molar-refractivity contribution is 9.10. The molecule has 13 heavy (non-hydrogen) atoms. The molecule has 0 bridgehead atoms. The van der Waals surface area contributed by atoms with Crippen molar-refractivity contribution in [1.29, 1.82) is 0 Å². The minimum absolute atomic E-state index is 0.297. The number of hydrogen-bond donors (Lipinski definition) is 0. The zero-order valence-electron chi connectivity index (χ0n) is 6.26. The van der Waals surface area contributed by atoms with Gasteiger partial charge in [0.15, 0.2) is 0 Å². The molecule has 5 heteroatoms. The van der Waals surface area contributed by atoms with Crippen LogP contribution >= 0.6 is 27.5 Å². The topological polar surface area (TPSA) is 25.8 Å². The lowest BCUT2D eigenvalue weighted by molar-refractivity contribution is 0.622. The van der Waals surface area contributed by atoms with Crippen LogP contribution in [-0.2, 0) is 0 Å². The van der Waals surface area contributed by atoms with Crippen molar-refractivity contribution >= 4 is 38.6 Å². The Morgan fingerprint density at radius 1 is 1.31 bits per heavy atom. The first-order valence-corrected chi connectivity index (χ1v) is 4.61. The Morgan fingerprint density at radius 2 is 2.08 bits per heavy atom. The molecule has 1 heterocycles. The van der Waals surface area contributed by atoms with E-state index in [-0.39, 0.29) is 5.82 Å². The van der Waals surface area contributed by atoms with Crippen molar-refractivity contribution < 1.29 is 4.39 Å². The normalized spacial score (nSPS) is 10.7. The van der Waals surface area contributed by atoms with Crippen molar-refractivity contribution in [2.45, 2.75) is 0 Å². The van der Waals surface area contributed by atoms with Gasteiger partial charge < -0.3 is 0 Å². The number of rotatable bonds is 0. The van der Waals surface area contributed by atoms with Crippen LogP contribution in [0.1, 0.15) is 0 Å². The quantitative estimate of drug-likeness (QED) is 0.728. The summed E-state index contributed by atoms with van der Waals surface area (Å²) in [4.78, 5) is 7.91. The van der Waals surface area contributed by atoms with Gasteiger partial charge in [0.25, 0.3) is 0 Å². The van der Waals surface area contributed by atoms with Crippen molar-refractivity contribution in [1.82, 2.24) is 9.97 Å². The van der Waals surface area contributed by atoms with Crippen LogP contribution in [0.3, 0.4) is 0 Å². The Balaban J connectivity index is 2.81. The van der Waals surface area contributed by atoms with Gasteiger partial charge in [-0.1, -0.05) is 11.6 Å². The Kier molecular flexibility index (Phi) is 2.17. The second-order valence-corrected chi connectivity index (χ2v) is 3.69. The van der Waals surface area contributed by atoms with Gasteiger partial charge in [0.1, 0.15) is 11.0 Å². The van der Waals surface area contributed by atoms with Crippen molar-refractivity contribution in [3.8, 4) is 0 Å². The molecular weight excluding hydrogens is 258 g/mol. The summed E-state index contributed by atoms with van der Waals surface area (Å²) in [6, 6.07) is 2.85. The Hall–Kier alpha value is -0.740. The number of fused-ring (bicyclic) bond motifs is 1. The maximum Gasteiger partial charge on any atom is 0.148 e. The average Bonchev–Trinajstić information content (AvgIpc) is 2.08. The summed E-state index contributed by atoms with van der Waals surface area (Å²) in [5.74, 6) is -0.357. The van der Waals surface area contributed by atoms with E-state index >= 15 is 0 Å². The van der Waals surface area contributed by atoms with E-state index in [9.17, 15) is 4.39 Å². The molecule has 0 aliphatic heterocycles. The lowest BCUT2D eigenvalue weighted by Gasteiger charge is -1.98. The molecule has 0 aliphatic rings. The Labute approximate surface area is 86.9 Å². The summed E-state index contributed by atoms with van der Waals surface area (Å²) in [5, 5.41) is 0.297. The Bertz CT molecular complexity index is 475. The summed E-state index contributed by atoms with van der Waals surface area (Å²) < 4.78 is 13.4. The molecule has 0 spiro atoms. The highest BCUT2D eigenvalue weighted by Crippen LogP contribution is 2.21. The van der Waals surface area contributed by atoms with E-state index in [2.05, 4.69) is 25.9 Å². The minimum atomic E-state index is -0.357. The number of benzene rings is 1. The van der Waals surface area contributed by atoms with Crippen molar-refractivity contribution in [3.63, 3.8) is 0 Å². The van der Waals surface area contributed by atoms with E-state index in [4.69, 9.17) is 11.6 Å². The van der Waals surface area contributed by atoms with E-state index in [0.29, 0.717) is 20.7 Å². The molecule has 1 aromatic heterocycles. The average molecular weight is 261 g/mol. The first-order chi connectivity index (χ1) is 6.16. The molecule has 0 N–H and O–H groups in total. The van der Waals surface area contributed by atoms with E-state index in [0.717, 1.165) is 0 Å². The number of halogens is 3. The monoisotopic (exact) mass is 260 g/mol. The van der Waals surface area contributed by atoms with Crippen LogP contribution in [0.5, 0.6) is 0 Å². The third kappa shape index (κ3) is 1.64. The van der Waals surface area contributed by atoms with Crippen LogP contribution in [0, 0.1) is 5.82 Å². The molecule has 0 fully saturated rings. The first-order valence-electron chi connectivity index (χ1n) is 3.44. The molecule has 66 valence electrons. The molecule has 0 saturated carbocycles. The van der Waals surface area contributed by atoms with Crippen LogP contribution < -0.4 is 0 Å². The van der Waals surface area contributed by atoms with Gasteiger partial charge in [-0.2, -0.15) is 0 Å². The number of aromatic nitrogens is 2. The van der Waals surface area contributed by atoms with Gasteiger partial charge in [0.05, 0.1) is 21.7 Å². The lowest BCUT2D eigenvalue weighted by atomic mass is 10.3. The molecular formula is C8H3BrClFN2. The second-order valence-electron chi connectivity index (χ2n) is 2.45. The molecule has 2 rings (SSSR count). The Morgan fingerprint density at radius 3 is 2.85 bits per heavy atom. The number of hydrogen-bond acceptors (Lipinski definition) is 2. The van der Waals surface area contributed by atoms with Gasteiger partial charge in [-0.15, -0.1) is 0 Å². The zero-order chi connectivity index (χ0) is 9.42. The highest BCUT2D eigenvalue weighted by atomic mass is 79.9. The minimum Gasteiger partial charge on any atom is -0.251 e. The van der Waals surface area contributed by atoms with Crippen LogP contribution in [0.25, 0.3) is 11.0 Å². The third-order valence-corrected chi connectivity index (χ3v) is 2.34. The van der Waals surface area contributed by atoms with Gasteiger partial charge in [-0.3, -0.25) is 4.98 Å². The summed E-state index contributed by atoms with van der Waals surface area (Å²) >= 11 is 8.68. The smallest absolute Gasteiger partial charge is 0.148 e. The molecule has 0 unspecified atom stereocenters. The third-order valence-electron chi connectivity index (χ3n) is 1.55. The van der Waals surface area contributed by atoms with Gasteiger partial charge >= 0.3 is 0 Å². The summed E-state index contributed by atoms with van der Waals surface area (Å²) in [6.45, 7) is 0. The van der Waals surface area contributed by atoms with Crippen molar-refractivity contribution in [2.75, 3.05) is 0 Å². The van der Waals surface area contributed by atoms with Gasteiger partial charge in [0, 0.05) is 6.07 Å². The molecule has 0 atom stereocenters. The first kappa shape index (κ1) is 8.84. The highest BCUT2D eigenvalue weighted by Gasteiger charge is 2.04. The fraction of sp³-hybridized carbons (Fsp3) is 0. The molecule has 0 amide bonds. The summed E-state index contributed by atoms with van der Waals surface area (Å²) in [7, 11) is 0. The fourth-order valence-electron chi connectivity index (χ4n) is 0.986. The van der Waals surface area contributed by atoms with E-state index in [1.165, 1.54) is 12.3 Å². The number of nitrogens with zero attached hydrogens (tertiary/aromatic N) is 2. The van der Waals surface area contributed by atoms with Crippen molar-refractivity contribution in [2.24, 2.45) is 0 Å². The van der Waals surface area contributed by atoms with Gasteiger partial charge in [-0.25, -0.2) is 9.37 Å². The predicted molar refractivity (Wildman–Crippen MR) is 52.2 cm³/mol. The van der Waals surface area contributed by atoms with Gasteiger partial charge in [0.2, 0.25) is 0 Å². The SMILES string of the molecule is Fc1cc2ncc(Cl)nc2cc1Br. The fourth-order valence-corrected chi connectivity index (χ4v) is 1.46. The van der Waals surface area contributed by atoms with E-state index < -0.39 is 0 Å². The van der Waals surface area contributed by atoms with E-state index in [1.54, 1.807) is 6.07 Å². The van der Waals surface area contributed by atoms with Gasteiger partial charge in [-0.05, 0) is 22.0 Å². The van der Waals surface area contributed by atoms with Crippen molar-refractivity contribution in [3.05, 3.63) is 33.8 Å². The lowest BCUT2D eigenvalue weighted by Crippen LogP contribution is -1.86. The zero-order valence-corrected chi connectivity index (χ0v) is 8.60. The molecule has 2 nitrogen and oxygen atoms in total. The maximum absolute atomic E-state index is 13.0. The standard InChI is InChI=1S/C8H3BrClFN2/c9-4-1-7-6(2-5(4)11)12-3-8(10)13-7/h1-3H. The summed E-state index contributed by atoms with van der Waals surface area (Å²) in [6.07, 6.45) is 1.39. The van der Waals surface area contributed by atoms with Crippen LogP contribution in [0.4, 0.5) is 4.39 Å². The summed E-state index contributed by atoms with van der Waals surface area (Å²) in [5.41, 5.74) is 1.06. The van der Waals surface area contributed by atoms with Crippen LogP contribution in [0.2, 0.25) is 5.15 Å². The maximum atomic E-state index is 13.0. The van der Waals surface area contributed by atoms with E-state index in [1.807, 2.05) is 0 Å². The molecule has 2 aromatic rings. The van der Waals surface area contributed by atoms with Crippen LogP contribution in [-0.4, -0.2) is 9.97 Å². The molecule has 0 aliphatic carbocycles. The molecule has 1 aromatic carbocycles.